The number of aryl methyl sites for hydroxylation is 1. The lowest BCUT2D eigenvalue weighted by Crippen LogP contribution is -2.24. The van der Waals surface area contributed by atoms with Crippen LogP contribution in [0.5, 0.6) is 0 Å². The van der Waals surface area contributed by atoms with Crippen molar-refractivity contribution in [1.29, 1.82) is 0 Å². The molecule has 5 heteroatoms. The maximum Gasteiger partial charge on any atom is 0.422 e. The van der Waals surface area contributed by atoms with Crippen molar-refractivity contribution in [1.82, 2.24) is 4.57 Å². The van der Waals surface area contributed by atoms with Gasteiger partial charge in [0.1, 0.15) is 0 Å². The molecular weight excluding hydrogens is 218 g/mol. The second kappa shape index (κ2) is 3.55. The smallest absolute Gasteiger partial charge is 0.372 e. The number of fused-ring (bicyclic) bond motifs is 1. The maximum absolute atomic E-state index is 11.4. The van der Waals surface area contributed by atoms with Crippen molar-refractivity contribution < 1.29 is 4.42 Å². The minimum absolute atomic E-state index is 0.323. The third-order valence-electron chi connectivity index (χ3n) is 2.19. The largest absolute Gasteiger partial charge is 0.422 e. The van der Waals surface area contributed by atoms with Crippen LogP contribution in [0.2, 0.25) is 5.02 Å². The van der Waals surface area contributed by atoms with Gasteiger partial charge in [0.15, 0.2) is 0 Å². The molecule has 1 aromatic carbocycles. The van der Waals surface area contributed by atoms with E-state index in [1.165, 1.54) is 10.6 Å². The van der Waals surface area contributed by atoms with Crippen molar-refractivity contribution in [2.45, 2.75) is 13.5 Å². The van der Waals surface area contributed by atoms with Crippen LogP contribution in [-0.4, -0.2) is 4.57 Å². The normalized spacial score (nSPS) is 10.8. The summed E-state index contributed by atoms with van der Waals surface area (Å²) in [7, 11) is 0. The number of hydrogen-bond donors (Lipinski definition) is 0. The summed E-state index contributed by atoms with van der Waals surface area (Å²) in [5, 5.41) is 0.764. The van der Waals surface area contributed by atoms with Crippen LogP contribution >= 0.6 is 11.6 Å². The Morgan fingerprint density at radius 3 is 2.80 bits per heavy atom. The first-order valence-electron chi connectivity index (χ1n) is 4.46. The SMILES string of the molecule is CCn1c(=O)oc(=O)c2cc(Cl)ccc21. The average molecular weight is 226 g/mol. The van der Waals surface area contributed by atoms with Crippen molar-refractivity contribution in [2.75, 3.05) is 0 Å². The molecule has 0 N–H and O–H groups in total. The molecule has 0 bridgehead atoms. The molecule has 0 unspecified atom stereocenters. The standard InChI is InChI=1S/C10H8ClNO3/c1-2-12-8-4-3-6(11)5-7(8)9(13)15-10(12)14/h3-5H,2H2,1H3. The van der Waals surface area contributed by atoms with Gasteiger partial charge in [-0.25, -0.2) is 9.59 Å². The average Bonchev–Trinajstić information content (AvgIpc) is 2.19. The van der Waals surface area contributed by atoms with E-state index in [2.05, 4.69) is 4.42 Å². The van der Waals surface area contributed by atoms with E-state index in [1.54, 1.807) is 19.1 Å². The number of benzene rings is 1. The summed E-state index contributed by atoms with van der Waals surface area (Å²) >= 11 is 5.76. The van der Waals surface area contributed by atoms with Crippen molar-refractivity contribution in [3.63, 3.8) is 0 Å². The zero-order valence-electron chi connectivity index (χ0n) is 7.99. The first-order valence-corrected chi connectivity index (χ1v) is 4.84. The van der Waals surface area contributed by atoms with E-state index >= 15 is 0 Å². The third-order valence-corrected chi connectivity index (χ3v) is 2.42. The first kappa shape index (κ1) is 9.98. The lowest BCUT2D eigenvalue weighted by Gasteiger charge is -2.04. The van der Waals surface area contributed by atoms with Crippen molar-refractivity contribution >= 4 is 22.5 Å². The molecule has 0 spiro atoms. The minimum atomic E-state index is -0.651. The zero-order chi connectivity index (χ0) is 11.0. The first-order chi connectivity index (χ1) is 7.13. The summed E-state index contributed by atoms with van der Waals surface area (Å²) in [4.78, 5) is 22.7. The van der Waals surface area contributed by atoms with Crippen molar-refractivity contribution in [3.8, 4) is 0 Å². The Hall–Kier alpha value is -1.55. The van der Waals surface area contributed by atoms with Gasteiger partial charge in [-0.05, 0) is 25.1 Å². The quantitative estimate of drug-likeness (QED) is 0.741. The Bertz CT molecular complexity index is 627. The van der Waals surface area contributed by atoms with Gasteiger partial charge in [0, 0.05) is 11.6 Å². The Labute approximate surface area is 89.7 Å². The van der Waals surface area contributed by atoms with E-state index in [9.17, 15) is 9.59 Å². The summed E-state index contributed by atoms with van der Waals surface area (Å²) in [5.74, 6) is -0.641. The maximum atomic E-state index is 11.4. The fourth-order valence-electron chi connectivity index (χ4n) is 1.49. The highest BCUT2D eigenvalue weighted by molar-refractivity contribution is 6.31. The highest BCUT2D eigenvalue weighted by atomic mass is 35.5. The fourth-order valence-corrected chi connectivity index (χ4v) is 1.67. The molecule has 0 fully saturated rings. The highest BCUT2D eigenvalue weighted by Crippen LogP contribution is 2.14. The Morgan fingerprint density at radius 1 is 1.40 bits per heavy atom. The molecule has 0 amide bonds. The minimum Gasteiger partial charge on any atom is -0.372 e. The number of nitrogens with zero attached hydrogens (tertiary/aromatic N) is 1. The Balaban J connectivity index is 3.03. The summed E-state index contributed by atoms with van der Waals surface area (Å²) in [6.45, 7) is 2.25. The number of aromatic nitrogens is 1. The summed E-state index contributed by atoms with van der Waals surface area (Å²) in [6.07, 6.45) is 0. The van der Waals surface area contributed by atoms with Crippen LogP contribution in [0.25, 0.3) is 10.9 Å². The van der Waals surface area contributed by atoms with E-state index in [0.717, 1.165) is 0 Å². The lowest BCUT2D eigenvalue weighted by atomic mass is 10.2. The van der Waals surface area contributed by atoms with Gasteiger partial charge in [-0.1, -0.05) is 11.6 Å². The van der Waals surface area contributed by atoms with Gasteiger partial charge >= 0.3 is 11.4 Å². The highest BCUT2D eigenvalue weighted by Gasteiger charge is 2.07. The Kier molecular flexibility index (Phi) is 2.36. The molecule has 4 nitrogen and oxygen atoms in total. The van der Waals surface area contributed by atoms with Gasteiger partial charge in [-0.3, -0.25) is 4.57 Å². The molecule has 2 aromatic rings. The van der Waals surface area contributed by atoms with E-state index in [-0.39, 0.29) is 0 Å². The zero-order valence-corrected chi connectivity index (χ0v) is 8.75. The summed E-state index contributed by atoms with van der Waals surface area (Å²) < 4.78 is 5.94. The number of rotatable bonds is 1. The molecule has 0 aliphatic rings. The summed E-state index contributed by atoms with van der Waals surface area (Å²) in [6, 6.07) is 4.77. The van der Waals surface area contributed by atoms with Gasteiger partial charge in [0.2, 0.25) is 0 Å². The molecule has 0 saturated heterocycles. The van der Waals surface area contributed by atoms with Crippen LogP contribution in [0, 0.1) is 0 Å². The van der Waals surface area contributed by atoms with Gasteiger partial charge < -0.3 is 4.42 Å². The Morgan fingerprint density at radius 2 is 2.13 bits per heavy atom. The van der Waals surface area contributed by atoms with Crippen LogP contribution in [0.4, 0.5) is 0 Å². The molecule has 0 radical (unpaired) electrons. The van der Waals surface area contributed by atoms with Crippen molar-refractivity contribution in [3.05, 3.63) is 44.2 Å². The number of halogens is 1. The van der Waals surface area contributed by atoms with Crippen LogP contribution < -0.4 is 11.4 Å². The van der Waals surface area contributed by atoms with E-state index < -0.39 is 11.4 Å². The molecule has 1 heterocycles. The van der Waals surface area contributed by atoms with Gasteiger partial charge in [-0.2, -0.15) is 0 Å². The third kappa shape index (κ3) is 1.57. The van der Waals surface area contributed by atoms with Gasteiger partial charge in [0.25, 0.3) is 0 Å². The van der Waals surface area contributed by atoms with Crippen molar-refractivity contribution in [2.24, 2.45) is 0 Å². The van der Waals surface area contributed by atoms with Crippen LogP contribution in [-0.2, 0) is 6.54 Å². The molecular formula is C10H8ClNO3. The fraction of sp³-hybridized carbons (Fsp3) is 0.200. The second-order valence-corrected chi connectivity index (χ2v) is 3.50. The van der Waals surface area contributed by atoms with E-state index in [0.29, 0.717) is 22.5 Å². The number of hydrogen-bond acceptors (Lipinski definition) is 3. The van der Waals surface area contributed by atoms with E-state index in [4.69, 9.17) is 11.6 Å². The molecule has 0 aliphatic heterocycles. The van der Waals surface area contributed by atoms with Gasteiger partial charge in [-0.15, -0.1) is 0 Å². The predicted molar refractivity (Wildman–Crippen MR) is 57.4 cm³/mol. The molecule has 0 saturated carbocycles. The molecule has 0 aliphatic carbocycles. The monoisotopic (exact) mass is 225 g/mol. The van der Waals surface area contributed by atoms with Crippen LogP contribution in [0.1, 0.15) is 6.92 Å². The second-order valence-electron chi connectivity index (χ2n) is 3.06. The molecule has 2 rings (SSSR count). The molecule has 0 atom stereocenters. The van der Waals surface area contributed by atoms with E-state index in [1.807, 2.05) is 0 Å². The predicted octanol–water partition coefficient (Wildman–Crippen LogP) is 1.63. The summed E-state index contributed by atoms with van der Waals surface area (Å²) in [5.41, 5.74) is -0.106. The molecule has 78 valence electrons. The lowest BCUT2D eigenvalue weighted by molar-refractivity contribution is 0.421. The van der Waals surface area contributed by atoms with Crippen LogP contribution in [0.15, 0.2) is 32.2 Å². The molecule has 15 heavy (non-hydrogen) atoms. The topological polar surface area (TPSA) is 52.2 Å². The van der Waals surface area contributed by atoms with Gasteiger partial charge in [0.05, 0.1) is 10.9 Å². The molecule has 1 aromatic heterocycles. The van der Waals surface area contributed by atoms with Crippen LogP contribution in [0.3, 0.4) is 0 Å².